The molecule has 0 unspecified atom stereocenters. The molecule has 0 aliphatic carbocycles. The number of piperazine rings is 1. The zero-order valence-corrected chi connectivity index (χ0v) is 15.4. The highest BCUT2D eigenvalue weighted by molar-refractivity contribution is 6.31. The molecule has 1 aromatic heterocycles. The predicted octanol–water partition coefficient (Wildman–Crippen LogP) is 3.44. The van der Waals surface area contributed by atoms with Crippen molar-refractivity contribution in [2.24, 2.45) is 0 Å². The van der Waals surface area contributed by atoms with Gasteiger partial charge >= 0.3 is 0 Å². The van der Waals surface area contributed by atoms with Gasteiger partial charge in [-0.2, -0.15) is 0 Å². The fourth-order valence-corrected chi connectivity index (χ4v) is 3.08. The second-order valence-corrected chi connectivity index (χ2v) is 6.65. The van der Waals surface area contributed by atoms with Crippen LogP contribution >= 0.6 is 11.6 Å². The summed E-state index contributed by atoms with van der Waals surface area (Å²) in [5, 5.41) is 3.54. The normalized spacial score (nSPS) is 15.2. The molecular formula is C19H23ClN4O. The van der Waals surface area contributed by atoms with E-state index < -0.39 is 0 Å². The lowest BCUT2D eigenvalue weighted by Gasteiger charge is -2.34. The van der Waals surface area contributed by atoms with E-state index in [9.17, 15) is 4.79 Å². The van der Waals surface area contributed by atoms with E-state index >= 15 is 0 Å². The molecule has 1 N–H and O–H groups in total. The smallest absolute Gasteiger partial charge is 0.255 e. The number of pyridine rings is 1. The number of halogens is 1. The molecular weight excluding hydrogens is 336 g/mol. The Balaban J connectivity index is 1.70. The number of carbonyl (C=O) groups excluding carboxylic acids is 1. The quantitative estimate of drug-likeness (QED) is 0.909. The van der Waals surface area contributed by atoms with E-state index in [1.165, 1.54) is 0 Å². The Bertz CT molecular complexity index is 757. The van der Waals surface area contributed by atoms with Crippen molar-refractivity contribution in [3.63, 3.8) is 0 Å². The fourth-order valence-electron chi connectivity index (χ4n) is 2.90. The van der Waals surface area contributed by atoms with E-state index in [1.54, 1.807) is 18.3 Å². The van der Waals surface area contributed by atoms with Crippen molar-refractivity contribution in [2.75, 3.05) is 42.9 Å². The van der Waals surface area contributed by atoms with Crippen LogP contribution in [0.3, 0.4) is 0 Å². The molecule has 0 spiro atoms. The van der Waals surface area contributed by atoms with Gasteiger partial charge in [0.1, 0.15) is 5.82 Å². The molecule has 25 heavy (non-hydrogen) atoms. The van der Waals surface area contributed by atoms with Gasteiger partial charge in [0.05, 0.1) is 0 Å². The first-order valence-electron chi connectivity index (χ1n) is 8.57. The number of nitrogens with one attached hydrogen (secondary N) is 1. The molecule has 5 nitrogen and oxygen atoms in total. The molecule has 3 rings (SSSR count). The Hall–Kier alpha value is -2.11. The molecule has 1 aliphatic heterocycles. The Morgan fingerprint density at radius 3 is 2.64 bits per heavy atom. The average molecular weight is 359 g/mol. The van der Waals surface area contributed by atoms with Crippen LogP contribution in [0, 0.1) is 6.92 Å². The lowest BCUT2D eigenvalue weighted by atomic mass is 10.2. The molecule has 2 heterocycles. The lowest BCUT2D eigenvalue weighted by molar-refractivity contribution is 0.102. The molecule has 1 aromatic carbocycles. The summed E-state index contributed by atoms with van der Waals surface area (Å²) in [5.41, 5.74) is 2.27. The summed E-state index contributed by atoms with van der Waals surface area (Å²) in [6, 6.07) is 9.10. The van der Waals surface area contributed by atoms with Gasteiger partial charge in [0.2, 0.25) is 0 Å². The van der Waals surface area contributed by atoms with Gasteiger partial charge in [0.15, 0.2) is 0 Å². The van der Waals surface area contributed by atoms with Gasteiger partial charge in [0, 0.05) is 48.6 Å². The molecule has 132 valence electrons. The second kappa shape index (κ2) is 7.85. The van der Waals surface area contributed by atoms with Crippen molar-refractivity contribution in [1.82, 2.24) is 9.88 Å². The van der Waals surface area contributed by atoms with Crippen molar-refractivity contribution in [3.8, 4) is 0 Å². The van der Waals surface area contributed by atoms with Crippen molar-refractivity contribution >= 4 is 29.0 Å². The van der Waals surface area contributed by atoms with Crippen LogP contribution in [0.1, 0.15) is 22.8 Å². The number of nitrogens with zero attached hydrogens (tertiary/aromatic N) is 3. The third-order valence-electron chi connectivity index (χ3n) is 4.58. The van der Waals surface area contributed by atoms with Crippen molar-refractivity contribution in [1.29, 1.82) is 0 Å². The van der Waals surface area contributed by atoms with Gasteiger partial charge in [-0.15, -0.1) is 0 Å². The van der Waals surface area contributed by atoms with Crippen molar-refractivity contribution in [3.05, 3.63) is 52.7 Å². The van der Waals surface area contributed by atoms with Crippen LogP contribution in [-0.2, 0) is 0 Å². The minimum absolute atomic E-state index is 0.157. The molecule has 1 fully saturated rings. The molecule has 1 aliphatic rings. The first-order chi connectivity index (χ1) is 12.1. The summed E-state index contributed by atoms with van der Waals surface area (Å²) >= 11 is 6.12. The largest absolute Gasteiger partial charge is 0.354 e. The Morgan fingerprint density at radius 1 is 1.20 bits per heavy atom. The number of benzene rings is 1. The number of carbonyl (C=O) groups is 1. The molecule has 1 saturated heterocycles. The lowest BCUT2D eigenvalue weighted by Crippen LogP contribution is -2.46. The first kappa shape index (κ1) is 17.7. The summed E-state index contributed by atoms with van der Waals surface area (Å²) in [6.07, 6.45) is 1.69. The average Bonchev–Trinajstić information content (AvgIpc) is 2.65. The van der Waals surface area contributed by atoms with E-state index in [-0.39, 0.29) is 5.91 Å². The van der Waals surface area contributed by atoms with Crippen LogP contribution in [0.5, 0.6) is 0 Å². The highest BCUT2D eigenvalue weighted by atomic mass is 35.5. The minimum atomic E-state index is -0.157. The number of aryl methyl sites for hydroxylation is 1. The SMILES string of the molecule is CCN1CCN(c2cc(C(=O)Nc3ccc(C)c(Cl)c3)ccn2)CC1. The third kappa shape index (κ3) is 4.30. The van der Waals surface area contributed by atoms with E-state index in [2.05, 4.69) is 27.0 Å². The van der Waals surface area contributed by atoms with Crippen LogP contribution in [0.15, 0.2) is 36.5 Å². The van der Waals surface area contributed by atoms with Gasteiger partial charge in [0.25, 0.3) is 5.91 Å². The highest BCUT2D eigenvalue weighted by Crippen LogP contribution is 2.21. The second-order valence-electron chi connectivity index (χ2n) is 6.24. The van der Waals surface area contributed by atoms with Gasteiger partial charge in [-0.1, -0.05) is 24.6 Å². The van der Waals surface area contributed by atoms with Crippen LogP contribution in [0.25, 0.3) is 0 Å². The van der Waals surface area contributed by atoms with Crippen LogP contribution in [0.2, 0.25) is 5.02 Å². The highest BCUT2D eigenvalue weighted by Gasteiger charge is 2.18. The van der Waals surface area contributed by atoms with Gasteiger partial charge < -0.3 is 15.1 Å². The molecule has 0 radical (unpaired) electrons. The monoisotopic (exact) mass is 358 g/mol. The fraction of sp³-hybridized carbons (Fsp3) is 0.368. The Kier molecular flexibility index (Phi) is 5.56. The summed E-state index contributed by atoms with van der Waals surface area (Å²) in [5.74, 6) is 0.695. The van der Waals surface area contributed by atoms with Gasteiger partial charge in [-0.25, -0.2) is 4.98 Å². The number of anilines is 2. The van der Waals surface area contributed by atoms with E-state index in [0.29, 0.717) is 16.3 Å². The standard InChI is InChI=1S/C19H23ClN4O/c1-3-23-8-10-24(11-9-23)18-12-15(6-7-21-18)19(25)22-16-5-4-14(2)17(20)13-16/h4-7,12-13H,3,8-11H2,1-2H3,(H,22,25). The summed E-state index contributed by atoms with van der Waals surface area (Å²) in [7, 11) is 0. The number of likely N-dealkylation sites (N-methyl/N-ethyl adjacent to an activating group) is 1. The van der Waals surface area contributed by atoms with Gasteiger partial charge in [-0.3, -0.25) is 4.79 Å². The Labute approximate surface area is 153 Å². The number of hydrogen-bond acceptors (Lipinski definition) is 4. The maximum atomic E-state index is 12.5. The number of hydrogen-bond donors (Lipinski definition) is 1. The predicted molar refractivity (Wildman–Crippen MR) is 103 cm³/mol. The number of aromatic nitrogens is 1. The maximum Gasteiger partial charge on any atom is 0.255 e. The van der Waals surface area contributed by atoms with Gasteiger partial charge in [-0.05, 0) is 43.3 Å². The zero-order valence-electron chi connectivity index (χ0n) is 14.6. The Morgan fingerprint density at radius 2 is 1.96 bits per heavy atom. The molecule has 0 atom stereocenters. The molecule has 6 heteroatoms. The van der Waals surface area contributed by atoms with Crippen LogP contribution in [0.4, 0.5) is 11.5 Å². The van der Waals surface area contributed by atoms with E-state index in [4.69, 9.17) is 11.6 Å². The topological polar surface area (TPSA) is 48.5 Å². The summed E-state index contributed by atoms with van der Waals surface area (Å²) < 4.78 is 0. The molecule has 2 aromatic rings. The number of rotatable bonds is 4. The van der Waals surface area contributed by atoms with Crippen LogP contribution < -0.4 is 10.2 Å². The molecule has 0 saturated carbocycles. The zero-order chi connectivity index (χ0) is 17.8. The van der Waals surface area contributed by atoms with Crippen LogP contribution in [-0.4, -0.2) is 48.5 Å². The van der Waals surface area contributed by atoms with E-state index in [0.717, 1.165) is 44.1 Å². The summed E-state index contributed by atoms with van der Waals surface area (Å²) in [4.78, 5) is 21.6. The minimum Gasteiger partial charge on any atom is -0.354 e. The third-order valence-corrected chi connectivity index (χ3v) is 4.99. The van der Waals surface area contributed by atoms with Crippen molar-refractivity contribution < 1.29 is 4.79 Å². The first-order valence-corrected chi connectivity index (χ1v) is 8.95. The number of amides is 1. The van der Waals surface area contributed by atoms with Crippen molar-refractivity contribution in [2.45, 2.75) is 13.8 Å². The van der Waals surface area contributed by atoms with E-state index in [1.807, 2.05) is 25.1 Å². The molecule has 1 amide bonds. The maximum absolute atomic E-state index is 12.5. The summed E-state index contributed by atoms with van der Waals surface area (Å²) in [6.45, 7) is 9.09. The molecule has 0 bridgehead atoms.